The van der Waals surface area contributed by atoms with Gasteiger partial charge >= 0.3 is 0 Å². The number of methoxy groups -OCH3 is 1. The number of hydrogen-bond acceptors (Lipinski definition) is 4. The van der Waals surface area contributed by atoms with Gasteiger partial charge in [0.1, 0.15) is 5.75 Å². The number of hydrogen-bond donors (Lipinski definition) is 0. The van der Waals surface area contributed by atoms with Crippen LogP contribution < -0.4 is 4.74 Å². The molecular weight excluding hydrogens is 238 g/mol. The van der Waals surface area contributed by atoms with Crippen LogP contribution in [0.15, 0.2) is 23.1 Å². The van der Waals surface area contributed by atoms with Crippen molar-refractivity contribution in [2.45, 2.75) is 23.2 Å². The molecule has 0 saturated heterocycles. The van der Waals surface area contributed by atoms with Crippen molar-refractivity contribution in [2.75, 3.05) is 13.4 Å². The first-order chi connectivity index (χ1) is 7.93. The lowest BCUT2D eigenvalue weighted by molar-refractivity contribution is 0.413. The minimum Gasteiger partial charge on any atom is -0.497 e. The Morgan fingerprint density at radius 3 is 2.47 bits per heavy atom. The van der Waals surface area contributed by atoms with Crippen molar-refractivity contribution in [3.05, 3.63) is 23.8 Å². The van der Waals surface area contributed by atoms with Crippen LogP contribution in [0.3, 0.4) is 0 Å². The predicted octanol–water partition coefficient (Wildman–Crippen LogP) is 1.65. The van der Waals surface area contributed by atoms with Crippen LogP contribution in [0.25, 0.3) is 0 Å². The zero-order chi connectivity index (χ0) is 12.7. The number of rotatable bonds is 3. The minimum atomic E-state index is -3.35. The van der Waals surface area contributed by atoms with Crippen LogP contribution in [0.1, 0.15) is 18.4 Å². The molecule has 4 nitrogen and oxygen atoms in total. The fourth-order valence-corrected chi connectivity index (χ4v) is 2.89. The van der Waals surface area contributed by atoms with Crippen LogP contribution in [-0.4, -0.2) is 21.8 Å². The molecule has 1 saturated carbocycles. The van der Waals surface area contributed by atoms with Gasteiger partial charge in [0.15, 0.2) is 9.84 Å². The third kappa shape index (κ3) is 2.01. The van der Waals surface area contributed by atoms with E-state index in [4.69, 9.17) is 10.00 Å². The van der Waals surface area contributed by atoms with E-state index in [9.17, 15) is 8.42 Å². The lowest BCUT2D eigenvalue weighted by atomic mass is 9.98. The summed E-state index contributed by atoms with van der Waals surface area (Å²) in [6.07, 6.45) is 2.59. The molecule has 0 radical (unpaired) electrons. The smallest absolute Gasteiger partial charge is 0.175 e. The highest BCUT2D eigenvalue weighted by Gasteiger charge is 2.47. The van der Waals surface area contributed by atoms with Gasteiger partial charge in [-0.05, 0) is 30.5 Å². The van der Waals surface area contributed by atoms with E-state index in [1.54, 1.807) is 12.1 Å². The van der Waals surface area contributed by atoms with Gasteiger partial charge in [-0.2, -0.15) is 5.26 Å². The first kappa shape index (κ1) is 11.9. The molecule has 0 bridgehead atoms. The number of ether oxygens (including phenoxy) is 1. The number of nitrogens with zero attached hydrogens (tertiary/aromatic N) is 1. The molecule has 1 fully saturated rings. The van der Waals surface area contributed by atoms with Crippen molar-refractivity contribution in [1.29, 1.82) is 5.26 Å². The average molecular weight is 251 g/mol. The monoisotopic (exact) mass is 251 g/mol. The Labute approximate surface area is 101 Å². The van der Waals surface area contributed by atoms with E-state index in [1.807, 2.05) is 0 Å². The third-order valence-electron chi connectivity index (χ3n) is 3.07. The molecule has 1 aromatic carbocycles. The highest BCUT2D eigenvalue weighted by Crippen LogP contribution is 2.50. The van der Waals surface area contributed by atoms with E-state index < -0.39 is 15.3 Å². The summed E-state index contributed by atoms with van der Waals surface area (Å²) in [5.74, 6) is 0.489. The maximum atomic E-state index is 11.7. The highest BCUT2D eigenvalue weighted by atomic mass is 32.2. The van der Waals surface area contributed by atoms with Crippen LogP contribution >= 0.6 is 0 Å². The van der Waals surface area contributed by atoms with E-state index >= 15 is 0 Å². The zero-order valence-corrected chi connectivity index (χ0v) is 10.5. The predicted molar refractivity (Wildman–Crippen MR) is 62.6 cm³/mol. The Bertz CT molecular complexity index is 595. The van der Waals surface area contributed by atoms with Crippen molar-refractivity contribution >= 4 is 9.84 Å². The first-order valence-electron chi connectivity index (χ1n) is 5.23. The molecule has 17 heavy (non-hydrogen) atoms. The van der Waals surface area contributed by atoms with E-state index in [0.29, 0.717) is 11.3 Å². The quantitative estimate of drug-likeness (QED) is 0.819. The van der Waals surface area contributed by atoms with Crippen LogP contribution in [0, 0.1) is 11.3 Å². The fourth-order valence-electron chi connectivity index (χ4n) is 1.90. The Morgan fingerprint density at radius 2 is 2.06 bits per heavy atom. The van der Waals surface area contributed by atoms with E-state index in [1.165, 1.54) is 13.2 Å². The Morgan fingerprint density at radius 1 is 1.41 bits per heavy atom. The van der Waals surface area contributed by atoms with Crippen molar-refractivity contribution < 1.29 is 13.2 Å². The molecule has 0 aromatic heterocycles. The van der Waals surface area contributed by atoms with Crippen molar-refractivity contribution in [2.24, 2.45) is 0 Å². The summed E-state index contributed by atoms with van der Waals surface area (Å²) in [4.78, 5) is 0.205. The molecular formula is C12H13NO3S. The largest absolute Gasteiger partial charge is 0.497 e. The number of benzene rings is 1. The molecule has 0 spiro atoms. The van der Waals surface area contributed by atoms with Gasteiger partial charge in [-0.1, -0.05) is 6.07 Å². The van der Waals surface area contributed by atoms with Gasteiger partial charge in [-0.25, -0.2) is 8.42 Å². The van der Waals surface area contributed by atoms with E-state index in [-0.39, 0.29) is 4.90 Å². The molecule has 0 unspecified atom stereocenters. The number of sulfone groups is 1. The second-order valence-electron chi connectivity index (χ2n) is 4.33. The second-order valence-corrected chi connectivity index (χ2v) is 6.31. The Hall–Kier alpha value is -1.54. The van der Waals surface area contributed by atoms with Crippen molar-refractivity contribution in [3.63, 3.8) is 0 Å². The fraction of sp³-hybridized carbons (Fsp3) is 0.417. The summed E-state index contributed by atoms with van der Waals surface area (Å²) < 4.78 is 28.5. The summed E-state index contributed by atoms with van der Waals surface area (Å²) in [5, 5.41) is 9.15. The molecule has 0 amide bonds. The van der Waals surface area contributed by atoms with E-state index in [2.05, 4.69) is 6.07 Å². The molecule has 0 aliphatic heterocycles. The second kappa shape index (κ2) is 3.74. The normalized spacial score (nSPS) is 17.2. The van der Waals surface area contributed by atoms with Gasteiger partial charge in [0, 0.05) is 6.26 Å². The molecule has 1 aliphatic carbocycles. The first-order valence-corrected chi connectivity index (χ1v) is 7.12. The van der Waals surface area contributed by atoms with Crippen LogP contribution in [0.2, 0.25) is 0 Å². The van der Waals surface area contributed by atoms with Crippen LogP contribution in [-0.2, 0) is 15.3 Å². The summed E-state index contributed by atoms with van der Waals surface area (Å²) in [6.45, 7) is 0. The van der Waals surface area contributed by atoms with Gasteiger partial charge in [-0.3, -0.25) is 0 Å². The van der Waals surface area contributed by atoms with Crippen molar-refractivity contribution in [3.8, 4) is 11.8 Å². The molecule has 90 valence electrons. The van der Waals surface area contributed by atoms with Gasteiger partial charge in [0.05, 0.1) is 23.5 Å². The van der Waals surface area contributed by atoms with Gasteiger partial charge < -0.3 is 4.74 Å². The summed E-state index contributed by atoms with van der Waals surface area (Å²) in [6, 6.07) is 7.08. The zero-order valence-electron chi connectivity index (χ0n) is 9.73. The molecule has 0 atom stereocenters. The van der Waals surface area contributed by atoms with Crippen LogP contribution in [0.5, 0.6) is 5.75 Å². The standard InChI is InChI=1S/C12H13NO3S/c1-16-9-3-4-10(12(8-13)5-6-12)11(7-9)17(2,14)15/h3-4,7H,5-6H2,1-2H3. The highest BCUT2D eigenvalue weighted by molar-refractivity contribution is 7.90. The average Bonchev–Trinajstić information content (AvgIpc) is 3.08. The van der Waals surface area contributed by atoms with Gasteiger partial charge in [0.2, 0.25) is 0 Å². The summed E-state index contributed by atoms with van der Waals surface area (Å²) in [7, 11) is -1.87. The summed E-state index contributed by atoms with van der Waals surface area (Å²) >= 11 is 0. The molecule has 0 heterocycles. The third-order valence-corrected chi connectivity index (χ3v) is 4.20. The lowest BCUT2D eigenvalue weighted by Gasteiger charge is -2.13. The molecule has 1 aromatic rings. The molecule has 2 rings (SSSR count). The maximum absolute atomic E-state index is 11.7. The maximum Gasteiger partial charge on any atom is 0.175 e. The Balaban J connectivity index is 2.65. The minimum absolute atomic E-state index is 0.205. The topological polar surface area (TPSA) is 67.2 Å². The SMILES string of the molecule is COc1ccc(C2(C#N)CC2)c(S(C)(=O)=O)c1. The van der Waals surface area contributed by atoms with Crippen LogP contribution in [0.4, 0.5) is 0 Å². The van der Waals surface area contributed by atoms with Gasteiger partial charge in [0.25, 0.3) is 0 Å². The molecule has 0 N–H and O–H groups in total. The van der Waals surface area contributed by atoms with Crippen molar-refractivity contribution in [1.82, 2.24) is 0 Å². The Kier molecular flexibility index (Phi) is 2.63. The molecule has 5 heteroatoms. The number of nitriles is 1. The lowest BCUT2D eigenvalue weighted by Crippen LogP contribution is -2.11. The van der Waals surface area contributed by atoms with E-state index in [0.717, 1.165) is 19.1 Å². The molecule has 1 aliphatic rings. The van der Waals surface area contributed by atoms with Gasteiger partial charge in [-0.15, -0.1) is 0 Å². The summed E-state index contributed by atoms with van der Waals surface area (Å²) in [5.41, 5.74) is -0.00619.